The molecule has 2 nitrogen and oxygen atoms in total. The van der Waals surface area contributed by atoms with Gasteiger partial charge >= 0.3 is 5.97 Å². The highest BCUT2D eigenvalue weighted by molar-refractivity contribution is 5.73. The zero-order chi connectivity index (χ0) is 14.0. The summed E-state index contributed by atoms with van der Waals surface area (Å²) in [5, 5.41) is 0. The highest BCUT2D eigenvalue weighted by atomic mass is 16.6. The molecule has 2 heteroatoms. The second-order valence-corrected chi connectivity index (χ2v) is 7.69. The Morgan fingerprint density at radius 3 is 2.11 bits per heavy atom. The summed E-state index contributed by atoms with van der Waals surface area (Å²) < 4.78 is 5.83. The van der Waals surface area contributed by atoms with Crippen molar-refractivity contribution in [1.29, 1.82) is 0 Å². The van der Waals surface area contributed by atoms with Crippen LogP contribution in [0.1, 0.15) is 73.6 Å². The number of hydrogen-bond donors (Lipinski definition) is 0. The topological polar surface area (TPSA) is 26.3 Å². The standard InChI is InChI=1S/C16H30O2/c1-12(2)13(11-15(3,4)5)14(17)18-16(6)9-7-8-10-16/h12-13H,7-11H2,1-6H3. The highest BCUT2D eigenvalue weighted by Crippen LogP contribution is 2.36. The van der Waals surface area contributed by atoms with E-state index in [1.165, 1.54) is 12.8 Å². The van der Waals surface area contributed by atoms with Crippen LogP contribution in [0.15, 0.2) is 0 Å². The van der Waals surface area contributed by atoms with E-state index < -0.39 is 0 Å². The Morgan fingerprint density at radius 2 is 1.72 bits per heavy atom. The Morgan fingerprint density at radius 1 is 1.22 bits per heavy atom. The number of esters is 1. The molecule has 1 fully saturated rings. The van der Waals surface area contributed by atoms with Crippen molar-refractivity contribution in [2.75, 3.05) is 0 Å². The number of ether oxygens (including phenoxy) is 1. The lowest BCUT2D eigenvalue weighted by Crippen LogP contribution is -2.35. The number of rotatable bonds is 4. The molecule has 106 valence electrons. The minimum atomic E-state index is -0.192. The van der Waals surface area contributed by atoms with Crippen molar-refractivity contribution in [2.45, 2.75) is 79.2 Å². The van der Waals surface area contributed by atoms with E-state index in [-0.39, 0.29) is 22.9 Å². The second-order valence-electron chi connectivity index (χ2n) is 7.69. The molecule has 0 aromatic rings. The van der Waals surface area contributed by atoms with Gasteiger partial charge in [0.2, 0.25) is 0 Å². The first-order valence-electron chi connectivity index (χ1n) is 7.36. The summed E-state index contributed by atoms with van der Waals surface area (Å²) >= 11 is 0. The Kier molecular flexibility index (Phi) is 4.85. The third-order valence-corrected chi connectivity index (χ3v) is 3.95. The van der Waals surface area contributed by atoms with Gasteiger partial charge in [0.15, 0.2) is 0 Å². The summed E-state index contributed by atoms with van der Waals surface area (Å²) in [6.45, 7) is 12.9. The molecular formula is C16H30O2. The van der Waals surface area contributed by atoms with Gasteiger partial charge in [0.05, 0.1) is 5.92 Å². The minimum absolute atomic E-state index is 0.0179. The maximum Gasteiger partial charge on any atom is 0.309 e. The van der Waals surface area contributed by atoms with Crippen molar-refractivity contribution in [2.24, 2.45) is 17.3 Å². The highest BCUT2D eigenvalue weighted by Gasteiger charge is 2.36. The maximum absolute atomic E-state index is 12.4. The lowest BCUT2D eigenvalue weighted by atomic mass is 9.79. The molecule has 0 aromatic heterocycles. The Labute approximate surface area is 112 Å². The van der Waals surface area contributed by atoms with Crippen molar-refractivity contribution >= 4 is 5.97 Å². The average molecular weight is 254 g/mol. The van der Waals surface area contributed by atoms with E-state index in [2.05, 4.69) is 41.5 Å². The van der Waals surface area contributed by atoms with Gasteiger partial charge < -0.3 is 4.74 Å². The Bertz CT molecular complexity index is 280. The fourth-order valence-electron chi connectivity index (χ4n) is 2.79. The quantitative estimate of drug-likeness (QED) is 0.687. The van der Waals surface area contributed by atoms with Crippen LogP contribution in [-0.4, -0.2) is 11.6 Å². The Hall–Kier alpha value is -0.530. The average Bonchev–Trinajstić information content (AvgIpc) is 2.59. The molecule has 18 heavy (non-hydrogen) atoms. The number of carbonyl (C=O) groups is 1. The molecule has 0 spiro atoms. The van der Waals surface area contributed by atoms with Gasteiger partial charge in [-0.1, -0.05) is 34.6 Å². The van der Waals surface area contributed by atoms with Crippen LogP contribution in [-0.2, 0) is 9.53 Å². The van der Waals surface area contributed by atoms with Crippen LogP contribution in [0.4, 0.5) is 0 Å². The first-order valence-corrected chi connectivity index (χ1v) is 7.36. The van der Waals surface area contributed by atoms with E-state index in [4.69, 9.17) is 4.74 Å². The molecule has 0 bridgehead atoms. The van der Waals surface area contributed by atoms with Gasteiger partial charge in [-0.3, -0.25) is 4.79 Å². The molecule has 0 N–H and O–H groups in total. The van der Waals surface area contributed by atoms with Crippen LogP contribution in [0.3, 0.4) is 0 Å². The molecule has 0 radical (unpaired) electrons. The van der Waals surface area contributed by atoms with E-state index in [9.17, 15) is 4.79 Å². The van der Waals surface area contributed by atoms with Gasteiger partial charge in [-0.05, 0) is 50.4 Å². The van der Waals surface area contributed by atoms with Gasteiger partial charge in [-0.15, -0.1) is 0 Å². The molecule has 0 saturated heterocycles. The van der Waals surface area contributed by atoms with Gasteiger partial charge in [-0.25, -0.2) is 0 Å². The molecule has 1 saturated carbocycles. The summed E-state index contributed by atoms with van der Waals surface area (Å²) in [7, 11) is 0. The fourth-order valence-corrected chi connectivity index (χ4v) is 2.79. The van der Waals surface area contributed by atoms with E-state index in [1.807, 2.05) is 0 Å². The monoisotopic (exact) mass is 254 g/mol. The lowest BCUT2D eigenvalue weighted by molar-refractivity contribution is -0.165. The van der Waals surface area contributed by atoms with Crippen molar-refractivity contribution in [3.8, 4) is 0 Å². The van der Waals surface area contributed by atoms with Crippen LogP contribution in [0.25, 0.3) is 0 Å². The zero-order valence-corrected chi connectivity index (χ0v) is 13.0. The predicted octanol–water partition coefficient (Wildman–Crippen LogP) is 4.57. The van der Waals surface area contributed by atoms with Gasteiger partial charge in [-0.2, -0.15) is 0 Å². The lowest BCUT2D eigenvalue weighted by Gasteiger charge is -2.31. The maximum atomic E-state index is 12.4. The molecule has 0 aliphatic heterocycles. The van der Waals surface area contributed by atoms with Crippen LogP contribution < -0.4 is 0 Å². The van der Waals surface area contributed by atoms with E-state index >= 15 is 0 Å². The molecule has 1 aliphatic carbocycles. The molecule has 0 amide bonds. The molecule has 1 aliphatic rings. The largest absolute Gasteiger partial charge is 0.459 e. The van der Waals surface area contributed by atoms with Crippen molar-refractivity contribution < 1.29 is 9.53 Å². The number of carbonyl (C=O) groups excluding carboxylic acids is 1. The van der Waals surface area contributed by atoms with E-state index in [1.54, 1.807) is 0 Å². The second kappa shape index (κ2) is 5.63. The summed E-state index contributed by atoms with van der Waals surface area (Å²) in [6.07, 6.45) is 5.34. The normalized spacial score (nSPS) is 21.1. The summed E-state index contributed by atoms with van der Waals surface area (Å²) in [5.74, 6) is 0.397. The first kappa shape index (κ1) is 15.5. The first-order chi connectivity index (χ1) is 8.13. The molecule has 1 atom stereocenters. The minimum Gasteiger partial charge on any atom is -0.459 e. The fraction of sp³-hybridized carbons (Fsp3) is 0.938. The number of hydrogen-bond acceptors (Lipinski definition) is 2. The van der Waals surface area contributed by atoms with Crippen molar-refractivity contribution in [3.05, 3.63) is 0 Å². The van der Waals surface area contributed by atoms with Crippen molar-refractivity contribution in [3.63, 3.8) is 0 Å². The van der Waals surface area contributed by atoms with Gasteiger partial charge in [0, 0.05) is 0 Å². The summed E-state index contributed by atoms with van der Waals surface area (Å²) in [4.78, 5) is 12.4. The molecule has 1 unspecified atom stereocenters. The van der Waals surface area contributed by atoms with Crippen LogP contribution >= 0.6 is 0 Å². The third kappa shape index (κ3) is 4.62. The van der Waals surface area contributed by atoms with Crippen LogP contribution in [0.5, 0.6) is 0 Å². The predicted molar refractivity (Wildman–Crippen MR) is 75.4 cm³/mol. The third-order valence-electron chi connectivity index (χ3n) is 3.95. The Balaban J connectivity index is 2.65. The van der Waals surface area contributed by atoms with Crippen molar-refractivity contribution in [1.82, 2.24) is 0 Å². The molecule has 1 rings (SSSR count). The smallest absolute Gasteiger partial charge is 0.309 e. The van der Waals surface area contributed by atoms with E-state index in [0.717, 1.165) is 19.3 Å². The zero-order valence-electron chi connectivity index (χ0n) is 13.0. The van der Waals surface area contributed by atoms with Gasteiger partial charge in [0.1, 0.15) is 5.60 Å². The summed E-state index contributed by atoms with van der Waals surface area (Å²) in [5.41, 5.74) is -0.0212. The van der Waals surface area contributed by atoms with Crippen LogP contribution in [0.2, 0.25) is 0 Å². The van der Waals surface area contributed by atoms with E-state index in [0.29, 0.717) is 5.92 Å². The molecule has 0 heterocycles. The molecule has 0 aromatic carbocycles. The van der Waals surface area contributed by atoms with Gasteiger partial charge in [0.25, 0.3) is 0 Å². The SMILES string of the molecule is CC(C)C(CC(C)(C)C)C(=O)OC1(C)CCCC1. The van der Waals surface area contributed by atoms with Crippen LogP contribution in [0, 0.1) is 17.3 Å². The summed E-state index contributed by atoms with van der Waals surface area (Å²) in [6, 6.07) is 0. The molecular weight excluding hydrogens is 224 g/mol.